The van der Waals surface area contributed by atoms with Crippen LogP contribution in [0.25, 0.3) is 0 Å². The lowest BCUT2D eigenvalue weighted by atomic mass is 9.85. The van der Waals surface area contributed by atoms with Gasteiger partial charge in [-0.3, -0.25) is 4.79 Å². The fourth-order valence-electron chi connectivity index (χ4n) is 4.78. The molecule has 0 heterocycles. The molecule has 1 saturated carbocycles. The lowest BCUT2D eigenvalue weighted by molar-refractivity contribution is 0.0633. The lowest BCUT2D eigenvalue weighted by Crippen LogP contribution is -2.40. The van der Waals surface area contributed by atoms with E-state index in [2.05, 4.69) is 10.6 Å². The number of hydrogen-bond donors (Lipinski definition) is 3. The summed E-state index contributed by atoms with van der Waals surface area (Å²) in [5.74, 6) is -0.456. The van der Waals surface area contributed by atoms with Crippen molar-refractivity contribution in [2.24, 2.45) is 5.92 Å². The van der Waals surface area contributed by atoms with Crippen molar-refractivity contribution in [3.8, 4) is 0 Å². The van der Waals surface area contributed by atoms with Gasteiger partial charge < -0.3 is 25.4 Å². The van der Waals surface area contributed by atoms with E-state index in [1.807, 2.05) is 13.1 Å². The second-order valence-electron chi connectivity index (χ2n) is 9.68. The van der Waals surface area contributed by atoms with Gasteiger partial charge in [-0.1, -0.05) is 61.9 Å². The molecule has 2 aromatic rings. The molecule has 0 bridgehead atoms. The van der Waals surface area contributed by atoms with Gasteiger partial charge in [-0.05, 0) is 54.8 Å². The predicted molar refractivity (Wildman–Crippen MR) is 143 cm³/mol. The van der Waals surface area contributed by atoms with Gasteiger partial charge in [-0.2, -0.15) is 0 Å². The molecule has 1 fully saturated rings. The fourth-order valence-corrected chi connectivity index (χ4v) is 4.98. The summed E-state index contributed by atoms with van der Waals surface area (Å²) in [6.07, 6.45) is 5.50. The maximum absolute atomic E-state index is 14.8. The first-order valence-corrected chi connectivity index (χ1v) is 13.2. The van der Waals surface area contributed by atoms with Crippen molar-refractivity contribution >= 4 is 23.6 Å². The van der Waals surface area contributed by atoms with E-state index in [1.165, 1.54) is 51.3 Å². The first kappa shape index (κ1) is 28.9. The van der Waals surface area contributed by atoms with E-state index in [4.69, 9.17) is 21.4 Å². The highest BCUT2D eigenvalue weighted by Crippen LogP contribution is 2.30. The van der Waals surface area contributed by atoms with Crippen LogP contribution in [0.5, 0.6) is 0 Å². The summed E-state index contributed by atoms with van der Waals surface area (Å²) in [6, 6.07) is 11.5. The van der Waals surface area contributed by atoms with Crippen LogP contribution < -0.4 is 10.6 Å². The number of carbonyl (C=O) groups excluding carboxylic acids is 1. The first-order valence-electron chi connectivity index (χ1n) is 12.8. The minimum Gasteiger partial charge on any atom is -0.465 e. The third-order valence-electron chi connectivity index (χ3n) is 6.99. The number of carbonyl (C=O) groups is 2. The van der Waals surface area contributed by atoms with Crippen LogP contribution in [0.1, 0.15) is 66.1 Å². The Morgan fingerprint density at radius 3 is 2.57 bits per heavy atom. The van der Waals surface area contributed by atoms with Crippen LogP contribution in [0, 0.1) is 11.7 Å². The van der Waals surface area contributed by atoms with Crippen LogP contribution in [0.2, 0.25) is 5.02 Å². The van der Waals surface area contributed by atoms with E-state index < -0.39 is 23.9 Å². The van der Waals surface area contributed by atoms with Gasteiger partial charge in [0.05, 0.1) is 12.2 Å². The Hall–Kier alpha value is -2.68. The van der Waals surface area contributed by atoms with Gasteiger partial charge in [0.15, 0.2) is 0 Å². The van der Waals surface area contributed by atoms with Gasteiger partial charge in [0.2, 0.25) is 0 Å². The van der Waals surface area contributed by atoms with E-state index in [9.17, 15) is 14.0 Å². The predicted octanol–water partition coefficient (Wildman–Crippen LogP) is 5.48. The highest BCUT2D eigenvalue weighted by molar-refractivity contribution is 6.30. The molecule has 37 heavy (non-hydrogen) atoms. The maximum atomic E-state index is 14.8. The van der Waals surface area contributed by atoms with E-state index in [-0.39, 0.29) is 24.8 Å². The summed E-state index contributed by atoms with van der Waals surface area (Å²) in [5.41, 5.74) is 1.22. The molecule has 0 spiro atoms. The summed E-state index contributed by atoms with van der Waals surface area (Å²) in [7, 11) is 3.34. The third kappa shape index (κ3) is 8.69. The summed E-state index contributed by atoms with van der Waals surface area (Å²) in [6.45, 7) is 0.655. The van der Waals surface area contributed by atoms with Crippen LogP contribution in [0.4, 0.5) is 9.18 Å². The number of likely N-dealkylation sites (N-methyl/N-ethyl adjacent to an activating group) is 2. The molecule has 1 aliphatic carbocycles. The van der Waals surface area contributed by atoms with Crippen LogP contribution >= 0.6 is 11.6 Å². The second-order valence-corrected chi connectivity index (χ2v) is 10.1. The molecule has 1 aliphatic rings. The van der Waals surface area contributed by atoms with E-state index in [0.717, 1.165) is 11.3 Å². The number of benzene rings is 2. The standard InChI is InChI=1S/C28H37ClFN3O4/c1-31-23(15-19-7-4-3-5-8-19)18-32-27(34)24-17-21(11-12-25(24)30)26(20-9-6-10-22(29)16-20)37-14-13-33(2)28(35)36/h6,9-12,16-17,19,23,26,31H,3-5,7-8,13-15,18H2,1-2H3,(H,32,34)(H,35,36)/t23-,26?/m0/s1. The zero-order chi connectivity index (χ0) is 26.8. The minimum atomic E-state index is -1.06. The molecule has 3 N–H and O–H groups in total. The third-order valence-corrected chi connectivity index (χ3v) is 7.22. The normalized spacial score (nSPS) is 15.7. The summed E-state index contributed by atoms with van der Waals surface area (Å²) < 4.78 is 20.8. The number of ether oxygens (including phenoxy) is 1. The van der Waals surface area contributed by atoms with Gasteiger partial charge in [-0.15, -0.1) is 0 Å². The van der Waals surface area contributed by atoms with Crippen molar-refractivity contribution in [1.29, 1.82) is 0 Å². The van der Waals surface area contributed by atoms with Crippen LogP contribution in [-0.4, -0.2) is 61.8 Å². The fraction of sp³-hybridized carbons (Fsp3) is 0.500. The Labute approximate surface area is 223 Å². The van der Waals surface area contributed by atoms with Gasteiger partial charge >= 0.3 is 6.09 Å². The topological polar surface area (TPSA) is 90.9 Å². The smallest absolute Gasteiger partial charge is 0.407 e. The molecule has 2 amide bonds. The maximum Gasteiger partial charge on any atom is 0.407 e. The average molecular weight is 534 g/mol. The molecule has 1 unspecified atom stereocenters. The molecule has 0 aliphatic heterocycles. The van der Waals surface area contributed by atoms with Crippen LogP contribution in [0.15, 0.2) is 42.5 Å². The number of nitrogens with one attached hydrogen (secondary N) is 2. The largest absolute Gasteiger partial charge is 0.465 e. The van der Waals surface area contributed by atoms with Crippen molar-refractivity contribution < 1.29 is 23.8 Å². The molecule has 0 radical (unpaired) electrons. The van der Waals surface area contributed by atoms with Crippen LogP contribution in [-0.2, 0) is 4.74 Å². The molecule has 202 valence electrons. The van der Waals surface area contributed by atoms with Gasteiger partial charge in [-0.25, -0.2) is 9.18 Å². The molecular formula is C28H37ClFN3O4. The molecular weight excluding hydrogens is 497 g/mol. The van der Waals surface area contributed by atoms with Crippen molar-refractivity contribution in [2.45, 2.75) is 50.7 Å². The number of carboxylic acid groups (broad SMARTS) is 1. The zero-order valence-electron chi connectivity index (χ0n) is 21.5. The molecule has 7 nitrogen and oxygen atoms in total. The number of hydrogen-bond acceptors (Lipinski definition) is 4. The molecule has 2 atom stereocenters. The van der Waals surface area contributed by atoms with Crippen molar-refractivity contribution in [2.75, 3.05) is 33.8 Å². The van der Waals surface area contributed by atoms with E-state index in [1.54, 1.807) is 24.3 Å². The van der Waals surface area contributed by atoms with Gasteiger partial charge in [0, 0.05) is 31.2 Å². The number of halogens is 2. The molecule has 3 rings (SSSR count). The molecule has 0 aromatic heterocycles. The van der Waals surface area contributed by atoms with Gasteiger partial charge in [0.1, 0.15) is 11.9 Å². The van der Waals surface area contributed by atoms with Gasteiger partial charge in [0.25, 0.3) is 5.91 Å². The average Bonchev–Trinajstić information content (AvgIpc) is 2.89. The summed E-state index contributed by atoms with van der Waals surface area (Å²) >= 11 is 6.19. The molecule has 9 heteroatoms. The van der Waals surface area contributed by atoms with E-state index in [0.29, 0.717) is 28.6 Å². The highest BCUT2D eigenvalue weighted by atomic mass is 35.5. The summed E-state index contributed by atoms with van der Waals surface area (Å²) in [5, 5.41) is 15.8. The quantitative estimate of drug-likeness (QED) is 0.336. The van der Waals surface area contributed by atoms with Crippen LogP contribution in [0.3, 0.4) is 0 Å². The Morgan fingerprint density at radius 1 is 1.16 bits per heavy atom. The second kappa shape index (κ2) is 14.3. The Bertz CT molecular complexity index is 1050. The Balaban J connectivity index is 1.74. The monoisotopic (exact) mass is 533 g/mol. The first-order chi connectivity index (χ1) is 17.8. The number of rotatable bonds is 12. The number of amides is 2. The Kier molecular flexibility index (Phi) is 11.2. The van der Waals surface area contributed by atoms with E-state index >= 15 is 0 Å². The SMILES string of the molecule is CN[C@H](CNC(=O)c1cc(C(OCCN(C)C(=O)O)c2cccc(Cl)c2)ccc1F)CC1CCCCC1. The van der Waals surface area contributed by atoms with Crippen molar-refractivity contribution in [1.82, 2.24) is 15.5 Å². The summed E-state index contributed by atoms with van der Waals surface area (Å²) in [4.78, 5) is 25.2. The zero-order valence-corrected chi connectivity index (χ0v) is 22.3. The van der Waals surface area contributed by atoms with Crippen molar-refractivity contribution in [3.63, 3.8) is 0 Å². The van der Waals surface area contributed by atoms with Crippen molar-refractivity contribution in [3.05, 3.63) is 70.0 Å². The number of nitrogens with zero attached hydrogens (tertiary/aromatic N) is 1. The molecule has 0 saturated heterocycles. The minimum absolute atomic E-state index is 0.0664. The Morgan fingerprint density at radius 2 is 1.89 bits per heavy atom. The lowest BCUT2D eigenvalue weighted by Gasteiger charge is -2.26. The highest BCUT2D eigenvalue weighted by Gasteiger charge is 2.22. The molecule has 2 aromatic carbocycles.